The van der Waals surface area contributed by atoms with Crippen LogP contribution in [0.25, 0.3) is 0 Å². The molecule has 0 radical (unpaired) electrons. The van der Waals surface area contributed by atoms with E-state index in [1.54, 1.807) is 0 Å². The molecule has 1 heterocycles. The van der Waals surface area contributed by atoms with E-state index in [-0.39, 0.29) is 6.04 Å². The molecule has 1 N–H and O–H groups in total. The normalized spacial score (nSPS) is 12.7. The smallest absolute Gasteiger partial charge is 0.0766 e. The zero-order chi connectivity index (χ0) is 15.6. The fourth-order valence-corrected chi connectivity index (χ4v) is 4.05. The van der Waals surface area contributed by atoms with Crippen LogP contribution in [0.2, 0.25) is 5.02 Å². The van der Waals surface area contributed by atoms with Crippen molar-refractivity contribution < 1.29 is 0 Å². The van der Waals surface area contributed by atoms with Crippen LogP contribution in [0.4, 0.5) is 0 Å². The SMILES string of the molecule is CCc1nn(C)c(CC(NC)c2cc(Cl)ccc2I)c1Br. The fourth-order valence-electron chi connectivity index (χ4n) is 2.38. The van der Waals surface area contributed by atoms with Crippen molar-refractivity contribution in [1.29, 1.82) is 0 Å². The maximum absolute atomic E-state index is 6.15. The van der Waals surface area contributed by atoms with E-state index in [9.17, 15) is 0 Å². The van der Waals surface area contributed by atoms with Crippen molar-refractivity contribution in [3.63, 3.8) is 0 Å². The van der Waals surface area contributed by atoms with Crippen molar-refractivity contribution in [1.82, 2.24) is 15.1 Å². The van der Waals surface area contributed by atoms with E-state index in [1.165, 1.54) is 14.8 Å². The summed E-state index contributed by atoms with van der Waals surface area (Å²) in [5.74, 6) is 0. The lowest BCUT2D eigenvalue weighted by Crippen LogP contribution is -2.21. The second kappa shape index (κ2) is 7.44. The van der Waals surface area contributed by atoms with Gasteiger partial charge >= 0.3 is 0 Å². The van der Waals surface area contributed by atoms with Crippen molar-refractivity contribution in [2.75, 3.05) is 7.05 Å². The van der Waals surface area contributed by atoms with Gasteiger partial charge < -0.3 is 5.32 Å². The minimum atomic E-state index is 0.201. The summed E-state index contributed by atoms with van der Waals surface area (Å²) in [4.78, 5) is 0. The van der Waals surface area contributed by atoms with Crippen molar-refractivity contribution in [3.05, 3.63) is 48.2 Å². The number of nitrogens with one attached hydrogen (secondary N) is 1. The highest BCUT2D eigenvalue weighted by Crippen LogP contribution is 2.30. The Morgan fingerprint density at radius 1 is 1.48 bits per heavy atom. The van der Waals surface area contributed by atoms with E-state index in [0.29, 0.717) is 0 Å². The van der Waals surface area contributed by atoms with Gasteiger partial charge in [-0.2, -0.15) is 5.10 Å². The van der Waals surface area contributed by atoms with Crippen LogP contribution in [-0.4, -0.2) is 16.8 Å². The van der Waals surface area contributed by atoms with E-state index in [0.717, 1.165) is 28.0 Å². The number of aryl methyl sites for hydroxylation is 2. The van der Waals surface area contributed by atoms with Gasteiger partial charge in [-0.3, -0.25) is 4.68 Å². The molecule has 0 aliphatic heterocycles. The first kappa shape index (κ1) is 17.2. The number of aromatic nitrogens is 2. The lowest BCUT2D eigenvalue weighted by atomic mass is 10.0. The standard InChI is InChI=1S/C15H18BrClIN3/c1-4-12-15(16)14(21(3)20-12)8-13(19-2)10-7-9(17)5-6-11(10)18/h5-7,13,19H,4,8H2,1-3H3. The number of rotatable bonds is 5. The summed E-state index contributed by atoms with van der Waals surface area (Å²) >= 11 is 12.2. The predicted molar refractivity (Wildman–Crippen MR) is 100.0 cm³/mol. The molecule has 0 fully saturated rings. The molecule has 0 saturated heterocycles. The Bertz CT molecular complexity index is 642. The van der Waals surface area contributed by atoms with E-state index < -0.39 is 0 Å². The van der Waals surface area contributed by atoms with Crippen molar-refractivity contribution in [2.45, 2.75) is 25.8 Å². The number of nitrogens with zero attached hydrogens (tertiary/aromatic N) is 2. The molecule has 21 heavy (non-hydrogen) atoms. The summed E-state index contributed by atoms with van der Waals surface area (Å²) in [6.45, 7) is 2.12. The molecule has 3 nitrogen and oxygen atoms in total. The quantitative estimate of drug-likeness (QED) is 0.636. The van der Waals surface area contributed by atoms with Gasteiger partial charge in [0.05, 0.1) is 15.9 Å². The van der Waals surface area contributed by atoms with Crippen molar-refractivity contribution >= 4 is 50.1 Å². The second-order valence-electron chi connectivity index (χ2n) is 4.90. The molecule has 1 aromatic heterocycles. The molecule has 1 unspecified atom stereocenters. The lowest BCUT2D eigenvalue weighted by molar-refractivity contribution is 0.558. The summed E-state index contributed by atoms with van der Waals surface area (Å²) in [5.41, 5.74) is 3.52. The van der Waals surface area contributed by atoms with Gasteiger partial charge in [-0.05, 0) is 75.8 Å². The van der Waals surface area contributed by atoms with Crippen LogP contribution < -0.4 is 5.32 Å². The van der Waals surface area contributed by atoms with E-state index in [2.05, 4.69) is 61.9 Å². The van der Waals surface area contributed by atoms with Crippen LogP contribution in [0.5, 0.6) is 0 Å². The molecule has 0 saturated carbocycles. The van der Waals surface area contributed by atoms with Gasteiger partial charge in [-0.25, -0.2) is 0 Å². The summed E-state index contributed by atoms with van der Waals surface area (Å²) in [7, 11) is 3.97. The fraction of sp³-hybridized carbons (Fsp3) is 0.400. The number of likely N-dealkylation sites (N-methyl/N-ethyl adjacent to an activating group) is 1. The maximum Gasteiger partial charge on any atom is 0.0766 e. The Morgan fingerprint density at radius 3 is 2.76 bits per heavy atom. The highest BCUT2D eigenvalue weighted by Gasteiger charge is 2.19. The van der Waals surface area contributed by atoms with Crippen LogP contribution in [0.1, 0.15) is 29.9 Å². The Balaban J connectivity index is 2.36. The molecule has 2 aromatic rings. The number of hydrogen-bond donors (Lipinski definition) is 1. The summed E-state index contributed by atoms with van der Waals surface area (Å²) in [6.07, 6.45) is 1.78. The first-order chi connectivity index (χ1) is 9.97. The van der Waals surface area contributed by atoms with Crippen LogP contribution in [0.15, 0.2) is 22.7 Å². The average molecular weight is 483 g/mol. The highest BCUT2D eigenvalue weighted by molar-refractivity contribution is 14.1. The van der Waals surface area contributed by atoms with Gasteiger partial charge in [-0.1, -0.05) is 18.5 Å². The average Bonchev–Trinajstić information content (AvgIpc) is 2.74. The maximum atomic E-state index is 6.15. The Hall–Kier alpha value is -0.110. The molecular weight excluding hydrogens is 464 g/mol. The first-order valence-electron chi connectivity index (χ1n) is 6.80. The van der Waals surface area contributed by atoms with Gasteiger partial charge in [-0.15, -0.1) is 0 Å². The van der Waals surface area contributed by atoms with Crippen molar-refractivity contribution in [2.24, 2.45) is 7.05 Å². The van der Waals surface area contributed by atoms with E-state index >= 15 is 0 Å². The minimum Gasteiger partial charge on any atom is -0.313 e. The summed E-state index contributed by atoms with van der Waals surface area (Å²) < 4.78 is 4.29. The molecule has 1 atom stereocenters. The largest absolute Gasteiger partial charge is 0.313 e. The molecule has 0 spiro atoms. The highest BCUT2D eigenvalue weighted by atomic mass is 127. The zero-order valence-electron chi connectivity index (χ0n) is 12.3. The Kier molecular flexibility index (Phi) is 6.11. The van der Waals surface area contributed by atoms with Gasteiger partial charge in [0.25, 0.3) is 0 Å². The van der Waals surface area contributed by atoms with E-state index in [1.807, 2.05) is 30.9 Å². The van der Waals surface area contributed by atoms with Crippen LogP contribution in [0.3, 0.4) is 0 Å². The Morgan fingerprint density at radius 2 is 2.19 bits per heavy atom. The van der Waals surface area contributed by atoms with Gasteiger partial charge in [0.15, 0.2) is 0 Å². The molecule has 1 aromatic carbocycles. The van der Waals surface area contributed by atoms with Crippen LogP contribution >= 0.6 is 50.1 Å². The monoisotopic (exact) mass is 481 g/mol. The molecule has 0 amide bonds. The van der Waals surface area contributed by atoms with Gasteiger partial charge in [0, 0.05) is 28.1 Å². The third-order valence-corrected chi connectivity index (χ3v) is 5.72. The minimum absolute atomic E-state index is 0.201. The van der Waals surface area contributed by atoms with Crippen molar-refractivity contribution in [3.8, 4) is 0 Å². The summed E-state index contributed by atoms with van der Waals surface area (Å²) in [5, 5.41) is 8.72. The topological polar surface area (TPSA) is 29.9 Å². The number of halogens is 3. The molecule has 0 aliphatic carbocycles. The predicted octanol–water partition coefficient (Wildman–Crippen LogP) is 4.51. The molecule has 114 valence electrons. The first-order valence-corrected chi connectivity index (χ1v) is 9.05. The number of benzene rings is 1. The van der Waals surface area contributed by atoms with Gasteiger partial charge in [0.2, 0.25) is 0 Å². The number of hydrogen-bond acceptors (Lipinski definition) is 2. The molecule has 0 bridgehead atoms. The zero-order valence-corrected chi connectivity index (χ0v) is 16.8. The lowest BCUT2D eigenvalue weighted by Gasteiger charge is -2.19. The Labute approximate surface area is 152 Å². The summed E-state index contributed by atoms with van der Waals surface area (Å²) in [6, 6.07) is 6.22. The third kappa shape index (κ3) is 3.81. The molecular formula is C15H18BrClIN3. The molecule has 0 aliphatic rings. The second-order valence-corrected chi connectivity index (χ2v) is 7.29. The van der Waals surface area contributed by atoms with Gasteiger partial charge in [0.1, 0.15) is 0 Å². The van der Waals surface area contributed by atoms with Crippen LogP contribution in [0, 0.1) is 3.57 Å². The molecule has 6 heteroatoms. The van der Waals surface area contributed by atoms with Crippen LogP contribution in [-0.2, 0) is 19.9 Å². The molecule has 2 rings (SSSR count). The van der Waals surface area contributed by atoms with E-state index in [4.69, 9.17) is 11.6 Å². The third-order valence-electron chi connectivity index (χ3n) is 3.58.